The van der Waals surface area contributed by atoms with Crippen molar-refractivity contribution in [2.75, 3.05) is 10.0 Å². The zero-order valence-corrected chi connectivity index (χ0v) is 22.7. The summed E-state index contributed by atoms with van der Waals surface area (Å²) in [7, 11) is 0. The molecular weight excluding hydrogens is 544 g/mol. The number of hydrazone groups is 2. The largest absolute Gasteiger partial charge is 0.292 e. The van der Waals surface area contributed by atoms with Crippen molar-refractivity contribution in [1.82, 2.24) is 0 Å². The Balaban J connectivity index is 1.66. The predicted molar refractivity (Wildman–Crippen MR) is 156 cm³/mol. The first-order valence-electron chi connectivity index (χ1n) is 11.9. The molecule has 1 spiro atoms. The molecule has 0 fully saturated rings. The van der Waals surface area contributed by atoms with Gasteiger partial charge in [-0.15, -0.1) is 0 Å². The van der Waals surface area contributed by atoms with Crippen LogP contribution in [0.1, 0.15) is 29.2 Å². The second-order valence-electron chi connectivity index (χ2n) is 8.97. The number of carbonyl (C=O) groups excluding carboxylic acids is 1. The van der Waals surface area contributed by atoms with Crippen molar-refractivity contribution in [3.8, 4) is 0 Å². The van der Waals surface area contributed by atoms with Crippen LogP contribution >= 0.6 is 27.7 Å². The highest BCUT2D eigenvalue weighted by molar-refractivity contribution is 9.10. The fourth-order valence-electron chi connectivity index (χ4n) is 4.65. The topological polar surface area (TPSA) is 48.3 Å². The molecule has 6 rings (SSSR count). The van der Waals surface area contributed by atoms with Gasteiger partial charge >= 0.3 is 0 Å². The second-order valence-corrected chi connectivity index (χ2v) is 11.0. The van der Waals surface area contributed by atoms with E-state index in [1.54, 1.807) is 6.92 Å². The van der Waals surface area contributed by atoms with Crippen LogP contribution in [0.3, 0.4) is 0 Å². The van der Waals surface area contributed by atoms with Gasteiger partial charge in [0.05, 0.1) is 17.1 Å². The van der Waals surface area contributed by atoms with E-state index in [4.69, 9.17) is 10.2 Å². The summed E-state index contributed by atoms with van der Waals surface area (Å²) in [5.41, 5.74) is 6.87. The van der Waals surface area contributed by atoms with Gasteiger partial charge in [-0.2, -0.15) is 10.2 Å². The first kappa shape index (κ1) is 23.7. The van der Waals surface area contributed by atoms with Gasteiger partial charge in [-0.1, -0.05) is 88.2 Å². The molecule has 0 N–H and O–H groups in total. The summed E-state index contributed by atoms with van der Waals surface area (Å²) in [5.74, 6) is -0.0807. The Morgan fingerprint density at radius 1 is 0.784 bits per heavy atom. The predicted octanol–water partition coefficient (Wildman–Crippen LogP) is 7.30. The lowest BCUT2D eigenvalue weighted by Gasteiger charge is -2.47. The molecule has 0 saturated heterocycles. The van der Waals surface area contributed by atoms with E-state index in [9.17, 15) is 4.79 Å². The number of ketones is 1. The quantitative estimate of drug-likeness (QED) is 0.260. The van der Waals surface area contributed by atoms with Crippen LogP contribution in [0.2, 0.25) is 0 Å². The number of benzene rings is 4. The monoisotopic (exact) mass is 566 g/mol. The summed E-state index contributed by atoms with van der Waals surface area (Å²) < 4.78 is 0.969. The van der Waals surface area contributed by atoms with Crippen LogP contribution in [0.5, 0.6) is 0 Å². The highest BCUT2D eigenvalue weighted by Crippen LogP contribution is 2.55. The van der Waals surface area contributed by atoms with E-state index >= 15 is 0 Å². The highest BCUT2D eigenvalue weighted by atomic mass is 79.9. The van der Waals surface area contributed by atoms with E-state index in [2.05, 4.69) is 59.3 Å². The molecule has 182 valence electrons. The minimum atomic E-state index is -0.943. The lowest BCUT2D eigenvalue weighted by atomic mass is 9.93. The van der Waals surface area contributed by atoms with Crippen molar-refractivity contribution in [3.05, 3.63) is 130 Å². The Bertz CT molecular complexity index is 1550. The third-order valence-corrected chi connectivity index (χ3v) is 8.38. The normalized spacial score (nSPS) is 18.5. The van der Waals surface area contributed by atoms with Crippen LogP contribution in [0.25, 0.3) is 0 Å². The third kappa shape index (κ3) is 3.99. The molecule has 0 saturated carbocycles. The van der Waals surface area contributed by atoms with Gasteiger partial charge in [0.1, 0.15) is 0 Å². The number of para-hydroxylation sites is 1. The standard InChI is InChI=1S/C30H23BrN4OS/c1-20-12-14-22(15-13-20)28-26-10-6-7-11-27(26)30(34(32-28)24-8-4-3-5-9-24)35(33-29(37-30)21(2)36)25-18-16-23(31)17-19-25/h3-19H,1-2H3/t30-/m1/s1. The summed E-state index contributed by atoms with van der Waals surface area (Å²) in [6.07, 6.45) is 0. The summed E-state index contributed by atoms with van der Waals surface area (Å²) in [6, 6.07) is 34.8. The molecule has 4 aromatic rings. The maximum absolute atomic E-state index is 12.7. The molecule has 5 nitrogen and oxygen atoms in total. The Kier molecular flexibility index (Phi) is 5.97. The number of aryl methyl sites for hydroxylation is 1. The summed E-state index contributed by atoms with van der Waals surface area (Å²) in [4.78, 5) is 11.8. The number of hydrogen-bond donors (Lipinski definition) is 0. The fourth-order valence-corrected chi connectivity index (χ4v) is 6.21. The van der Waals surface area contributed by atoms with Gasteiger partial charge in [-0.05, 0) is 55.1 Å². The SMILES string of the molecule is CC(=O)C1=NN(c2ccc(Br)cc2)[C@@]2(S1)c1ccccc1C(c1ccc(C)cc1)=NN2c1ccccc1. The van der Waals surface area contributed by atoms with Crippen LogP contribution in [-0.4, -0.2) is 16.5 Å². The van der Waals surface area contributed by atoms with Crippen molar-refractivity contribution < 1.29 is 4.79 Å². The first-order valence-corrected chi connectivity index (χ1v) is 13.5. The van der Waals surface area contributed by atoms with Crippen LogP contribution in [-0.2, 0) is 9.79 Å². The maximum Gasteiger partial charge on any atom is 0.234 e. The Labute approximate surface area is 228 Å². The molecule has 2 aliphatic heterocycles. The second kappa shape index (κ2) is 9.32. The van der Waals surface area contributed by atoms with Crippen LogP contribution in [0, 0.1) is 6.92 Å². The molecule has 0 amide bonds. The average Bonchev–Trinajstić information content (AvgIpc) is 3.32. The molecular formula is C30H23BrN4OS. The number of nitrogens with zero attached hydrogens (tertiary/aromatic N) is 4. The van der Waals surface area contributed by atoms with Crippen molar-refractivity contribution in [2.24, 2.45) is 10.2 Å². The first-order chi connectivity index (χ1) is 18.0. The van der Waals surface area contributed by atoms with Crippen LogP contribution in [0.15, 0.2) is 118 Å². The Hall–Kier alpha value is -3.68. The lowest BCUT2D eigenvalue weighted by Crippen LogP contribution is -2.54. The van der Waals surface area contributed by atoms with E-state index in [0.29, 0.717) is 5.04 Å². The molecule has 0 aliphatic carbocycles. The number of halogens is 1. The van der Waals surface area contributed by atoms with E-state index in [1.807, 2.05) is 76.7 Å². The molecule has 37 heavy (non-hydrogen) atoms. The van der Waals surface area contributed by atoms with Crippen LogP contribution in [0.4, 0.5) is 11.4 Å². The zero-order valence-electron chi connectivity index (χ0n) is 20.3. The molecule has 2 aliphatic rings. The van der Waals surface area contributed by atoms with E-state index in [1.165, 1.54) is 17.3 Å². The van der Waals surface area contributed by atoms with Gasteiger partial charge in [-0.3, -0.25) is 4.79 Å². The van der Waals surface area contributed by atoms with Crippen LogP contribution < -0.4 is 10.0 Å². The number of anilines is 2. The van der Waals surface area contributed by atoms with Crippen molar-refractivity contribution in [2.45, 2.75) is 18.8 Å². The zero-order chi connectivity index (χ0) is 25.6. The number of fused-ring (bicyclic) bond motifs is 2. The third-order valence-electron chi connectivity index (χ3n) is 6.44. The number of Topliss-reactive ketones (excluding diaryl/α,β-unsaturated/α-hetero) is 1. The number of hydrogen-bond acceptors (Lipinski definition) is 6. The molecule has 0 aromatic heterocycles. The number of thioether (sulfide) groups is 1. The Morgan fingerprint density at radius 2 is 1.41 bits per heavy atom. The van der Waals surface area contributed by atoms with Crippen molar-refractivity contribution >= 4 is 55.6 Å². The fraction of sp³-hybridized carbons (Fsp3) is 0.100. The summed E-state index contributed by atoms with van der Waals surface area (Å²) in [5, 5.41) is 14.6. The molecule has 7 heteroatoms. The van der Waals surface area contributed by atoms with Crippen molar-refractivity contribution in [1.29, 1.82) is 0 Å². The van der Waals surface area contributed by atoms with Gasteiger partial charge in [0.15, 0.2) is 10.8 Å². The number of rotatable bonds is 4. The molecule has 2 heterocycles. The molecule has 4 aromatic carbocycles. The van der Waals surface area contributed by atoms with E-state index in [-0.39, 0.29) is 5.78 Å². The minimum Gasteiger partial charge on any atom is -0.292 e. The Morgan fingerprint density at radius 3 is 2.11 bits per heavy atom. The minimum absolute atomic E-state index is 0.0807. The molecule has 0 unspecified atom stereocenters. The van der Waals surface area contributed by atoms with Gasteiger partial charge < -0.3 is 0 Å². The number of carbonyl (C=O) groups is 1. The molecule has 0 bridgehead atoms. The van der Waals surface area contributed by atoms with Gasteiger partial charge in [0, 0.05) is 28.1 Å². The lowest BCUT2D eigenvalue weighted by molar-refractivity contribution is -0.110. The maximum atomic E-state index is 12.7. The molecule has 1 atom stereocenters. The summed E-state index contributed by atoms with van der Waals surface area (Å²) in [6.45, 7) is 3.64. The van der Waals surface area contributed by atoms with E-state index in [0.717, 1.165) is 38.2 Å². The van der Waals surface area contributed by atoms with Gasteiger partial charge in [-0.25, -0.2) is 10.0 Å². The summed E-state index contributed by atoms with van der Waals surface area (Å²) >= 11 is 4.97. The van der Waals surface area contributed by atoms with Gasteiger partial charge in [0.2, 0.25) is 4.99 Å². The smallest absolute Gasteiger partial charge is 0.234 e. The van der Waals surface area contributed by atoms with E-state index < -0.39 is 4.99 Å². The average molecular weight is 568 g/mol. The molecule has 0 radical (unpaired) electrons. The highest BCUT2D eigenvalue weighted by Gasteiger charge is 2.55. The van der Waals surface area contributed by atoms with Gasteiger partial charge in [0.25, 0.3) is 0 Å². The van der Waals surface area contributed by atoms with Crippen molar-refractivity contribution in [3.63, 3.8) is 0 Å².